The molecule has 5 nitrogen and oxygen atoms in total. The highest BCUT2D eigenvalue weighted by Gasteiger charge is 2.42. The van der Waals surface area contributed by atoms with Gasteiger partial charge in [-0.1, -0.05) is 17.7 Å². The lowest BCUT2D eigenvalue weighted by atomic mass is 9.75. The summed E-state index contributed by atoms with van der Waals surface area (Å²) in [5.74, 6) is -0.534. The van der Waals surface area contributed by atoms with Crippen molar-refractivity contribution in [3.05, 3.63) is 28.8 Å². The summed E-state index contributed by atoms with van der Waals surface area (Å²) >= 11 is 5.96. The molecule has 4 N–H and O–H groups in total. The summed E-state index contributed by atoms with van der Waals surface area (Å²) < 4.78 is 0. The number of fused-ring (bicyclic) bond motifs is 1. The SMILES string of the molecule is O=C(O)C1CCC2C(C1)NNC2c1ccc(O)c(Cl)c1. The van der Waals surface area contributed by atoms with Gasteiger partial charge in [0.2, 0.25) is 0 Å². The van der Waals surface area contributed by atoms with Gasteiger partial charge >= 0.3 is 5.97 Å². The molecule has 20 heavy (non-hydrogen) atoms. The first-order chi connectivity index (χ1) is 9.56. The number of carbonyl (C=O) groups is 1. The lowest BCUT2D eigenvalue weighted by Crippen LogP contribution is -2.38. The van der Waals surface area contributed by atoms with Crippen molar-refractivity contribution >= 4 is 17.6 Å². The van der Waals surface area contributed by atoms with Gasteiger partial charge in [0.15, 0.2) is 0 Å². The highest BCUT2D eigenvalue weighted by Crippen LogP contribution is 2.41. The van der Waals surface area contributed by atoms with Crippen molar-refractivity contribution in [2.75, 3.05) is 0 Å². The number of rotatable bonds is 2. The number of hydrogen-bond donors (Lipinski definition) is 4. The third-order valence-corrected chi connectivity index (χ3v) is 4.74. The fourth-order valence-corrected chi connectivity index (χ4v) is 3.52. The number of hydrogen-bond acceptors (Lipinski definition) is 4. The minimum absolute atomic E-state index is 0.0764. The molecule has 1 aromatic carbocycles. The van der Waals surface area contributed by atoms with Crippen molar-refractivity contribution < 1.29 is 15.0 Å². The van der Waals surface area contributed by atoms with Crippen LogP contribution in [0.3, 0.4) is 0 Å². The quantitative estimate of drug-likeness (QED) is 0.672. The Balaban J connectivity index is 1.77. The van der Waals surface area contributed by atoms with E-state index < -0.39 is 5.97 Å². The molecule has 1 aliphatic carbocycles. The number of phenols is 1. The van der Waals surface area contributed by atoms with Gasteiger partial charge < -0.3 is 10.2 Å². The number of halogens is 1. The number of carboxylic acid groups (broad SMARTS) is 1. The van der Waals surface area contributed by atoms with E-state index in [2.05, 4.69) is 10.9 Å². The lowest BCUT2D eigenvalue weighted by Gasteiger charge is -2.31. The number of aromatic hydroxyl groups is 1. The van der Waals surface area contributed by atoms with E-state index in [0.717, 1.165) is 12.0 Å². The largest absolute Gasteiger partial charge is 0.506 e. The Morgan fingerprint density at radius 3 is 2.80 bits per heavy atom. The molecule has 3 rings (SSSR count). The van der Waals surface area contributed by atoms with E-state index in [4.69, 9.17) is 16.7 Å². The van der Waals surface area contributed by atoms with Crippen LogP contribution in [0.4, 0.5) is 0 Å². The molecule has 0 aromatic heterocycles. The monoisotopic (exact) mass is 296 g/mol. The molecule has 1 heterocycles. The average molecular weight is 297 g/mol. The molecule has 6 heteroatoms. The fraction of sp³-hybridized carbons (Fsp3) is 0.500. The summed E-state index contributed by atoms with van der Waals surface area (Å²) in [5.41, 5.74) is 7.46. The van der Waals surface area contributed by atoms with Crippen molar-refractivity contribution in [2.45, 2.75) is 31.3 Å². The maximum absolute atomic E-state index is 11.1. The number of phenolic OH excluding ortho intramolecular Hbond substituents is 1. The van der Waals surface area contributed by atoms with Crippen LogP contribution in [0, 0.1) is 11.8 Å². The summed E-state index contributed by atoms with van der Waals surface area (Å²) in [6.07, 6.45) is 2.22. The molecule has 2 aliphatic rings. The van der Waals surface area contributed by atoms with E-state index in [1.54, 1.807) is 12.1 Å². The molecule has 1 aromatic rings. The van der Waals surface area contributed by atoms with Crippen LogP contribution in [0.2, 0.25) is 5.02 Å². The molecule has 108 valence electrons. The van der Waals surface area contributed by atoms with Crippen LogP contribution in [0.5, 0.6) is 5.75 Å². The Bertz CT molecular complexity index is 537. The van der Waals surface area contributed by atoms with Crippen molar-refractivity contribution in [3.63, 3.8) is 0 Å². The topological polar surface area (TPSA) is 81.6 Å². The van der Waals surface area contributed by atoms with Crippen molar-refractivity contribution in [1.29, 1.82) is 0 Å². The van der Waals surface area contributed by atoms with Gasteiger partial charge in [-0.3, -0.25) is 10.2 Å². The van der Waals surface area contributed by atoms with E-state index >= 15 is 0 Å². The second kappa shape index (κ2) is 5.24. The smallest absolute Gasteiger partial charge is 0.306 e. The predicted octanol–water partition coefficient (Wildman–Crippen LogP) is 2.06. The summed E-state index contributed by atoms with van der Waals surface area (Å²) in [5, 5.41) is 18.9. The van der Waals surface area contributed by atoms with Crippen molar-refractivity contribution in [1.82, 2.24) is 10.9 Å². The molecular formula is C14H17ClN2O3. The molecule has 4 atom stereocenters. The molecule has 0 amide bonds. The molecular weight excluding hydrogens is 280 g/mol. The predicted molar refractivity (Wildman–Crippen MR) is 74.4 cm³/mol. The maximum atomic E-state index is 11.1. The van der Waals surface area contributed by atoms with Crippen LogP contribution < -0.4 is 10.9 Å². The van der Waals surface area contributed by atoms with Crippen LogP contribution in [-0.4, -0.2) is 22.2 Å². The van der Waals surface area contributed by atoms with Gasteiger partial charge in [-0.15, -0.1) is 0 Å². The zero-order chi connectivity index (χ0) is 14.3. The van der Waals surface area contributed by atoms with Crippen molar-refractivity contribution in [3.8, 4) is 5.75 Å². The van der Waals surface area contributed by atoms with Crippen LogP contribution in [0.25, 0.3) is 0 Å². The first-order valence-electron chi connectivity index (χ1n) is 6.78. The van der Waals surface area contributed by atoms with Crippen LogP contribution in [0.15, 0.2) is 18.2 Å². The molecule has 0 spiro atoms. The average Bonchev–Trinajstić information content (AvgIpc) is 2.84. The van der Waals surface area contributed by atoms with Gasteiger partial charge in [0, 0.05) is 6.04 Å². The van der Waals surface area contributed by atoms with E-state index in [1.165, 1.54) is 0 Å². The Morgan fingerprint density at radius 2 is 2.10 bits per heavy atom. The first kappa shape index (κ1) is 13.7. The summed E-state index contributed by atoms with van der Waals surface area (Å²) in [7, 11) is 0. The molecule has 1 saturated heterocycles. The van der Waals surface area contributed by atoms with Gasteiger partial charge in [0.05, 0.1) is 17.0 Å². The summed E-state index contributed by atoms with van der Waals surface area (Å²) in [6, 6.07) is 5.49. The summed E-state index contributed by atoms with van der Waals surface area (Å²) in [6.45, 7) is 0. The van der Waals surface area contributed by atoms with E-state index in [-0.39, 0.29) is 23.8 Å². The standard InChI is InChI=1S/C14H17ClN2O3/c15-10-5-7(2-4-12(10)18)13-9-3-1-8(14(19)20)6-11(9)16-17-13/h2,4-5,8-9,11,13,16-18H,1,3,6H2,(H,19,20). The second-order valence-corrected chi connectivity index (χ2v) is 6.00. The molecule has 2 fully saturated rings. The van der Waals surface area contributed by atoms with Crippen LogP contribution in [0.1, 0.15) is 30.9 Å². The van der Waals surface area contributed by atoms with Gasteiger partial charge in [0.25, 0.3) is 0 Å². The molecule has 1 saturated carbocycles. The lowest BCUT2D eigenvalue weighted by molar-refractivity contribution is -0.143. The first-order valence-corrected chi connectivity index (χ1v) is 7.16. The van der Waals surface area contributed by atoms with Gasteiger partial charge in [-0.2, -0.15) is 0 Å². The Kier molecular flexibility index (Phi) is 3.58. The second-order valence-electron chi connectivity index (χ2n) is 5.60. The Hall–Kier alpha value is -1.30. The third-order valence-electron chi connectivity index (χ3n) is 4.44. The van der Waals surface area contributed by atoms with E-state index in [1.807, 2.05) is 6.07 Å². The molecule has 1 aliphatic heterocycles. The minimum Gasteiger partial charge on any atom is -0.506 e. The van der Waals surface area contributed by atoms with Crippen LogP contribution >= 0.6 is 11.6 Å². The molecule has 0 radical (unpaired) electrons. The number of aliphatic carboxylic acids is 1. The van der Waals surface area contributed by atoms with Gasteiger partial charge in [-0.05, 0) is 42.9 Å². The van der Waals surface area contributed by atoms with Crippen LogP contribution in [-0.2, 0) is 4.79 Å². The highest BCUT2D eigenvalue weighted by atomic mass is 35.5. The Labute approximate surface area is 121 Å². The van der Waals surface area contributed by atoms with E-state index in [9.17, 15) is 9.90 Å². The highest BCUT2D eigenvalue weighted by molar-refractivity contribution is 6.32. The van der Waals surface area contributed by atoms with Gasteiger partial charge in [0.1, 0.15) is 5.75 Å². The minimum atomic E-state index is -0.707. The number of hydrazine groups is 1. The van der Waals surface area contributed by atoms with E-state index in [0.29, 0.717) is 23.8 Å². The number of nitrogens with one attached hydrogen (secondary N) is 2. The number of benzene rings is 1. The van der Waals surface area contributed by atoms with Crippen molar-refractivity contribution in [2.24, 2.45) is 11.8 Å². The number of carboxylic acids is 1. The third kappa shape index (κ3) is 2.37. The Morgan fingerprint density at radius 1 is 1.30 bits per heavy atom. The zero-order valence-electron chi connectivity index (χ0n) is 10.8. The normalized spacial score (nSPS) is 32.9. The zero-order valence-corrected chi connectivity index (χ0v) is 11.6. The van der Waals surface area contributed by atoms with Gasteiger partial charge in [-0.25, -0.2) is 5.43 Å². The maximum Gasteiger partial charge on any atom is 0.306 e. The molecule has 0 bridgehead atoms. The summed E-state index contributed by atoms with van der Waals surface area (Å²) in [4.78, 5) is 11.1. The molecule has 4 unspecified atom stereocenters. The fourth-order valence-electron chi connectivity index (χ4n) is 3.33.